The maximum absolute atomic E-state index is 3.83. The summed E-state index contributed by atoms with van der Waals surface area (Å²) in [5, 5.41) is 0. The van der Waals surface area contributed by atoms with Gasteiger partial charge in [-0.25, -0.2) is 0 Å². The van der Waals surface area contributed by atoms with Gasteiger partial charge in [0.25, 0.3) is 0 Å². The number of fused-ring (bicyclic) bond motifs is 3. The molecule has 3 rings (SSSR count). The predicted molar refractivity (Wildman–Crippen MR) is 69.5 cm³/mol. The first kappa shape index (κ1) is 9.41. The summed E-state index contributed by atoms with van der Waals surface area (Å²) in [4.78, 5) is 0. The Morgan fingerprint density at radius 3 is 2.44 bits per heavy atom. The minimum absolute atomic E-state index is 1.07. The first-order valence-corrected chi connectivity index (χ1v) is 5.63. The van der Waals surface area contributed by atoms with Crippen LogP contribution in [0.25, 0.3) is 17.2 Å². The lowest BCUT2D eigenvalue weighted by Crippen LogP contribution is -1.80. The van der Waals surface area contributed by atoms with Crippen molar-refractivity contribution in [1.82, 2.24) is 0 Å². The molecule has 0 saturated heterocycles. The Kier molecular flexibility index (Phi) is 1.97. The van der Waals surface area contributed by atoms with Crippen molar-refractivity contribution in [2.45, 2.75) is 13.3 Å². The highest BCUT2D eigenvalue weighted by Crippen LogP contribution is 2.37. The number of hydrogen-bond donors (Lipinski definition) is 0. The zero-order valence-electron chi connectivity index (χ0n) is 9.46. The molecule has 0 atom stereocenters. The van der Waals surface area contributed by atoms with Crippen LogP contribution in [0.15, 0.2) is 43.0 Å². The highest BCUT2D eigenvalue weighted by Gasteiger charge is 2.17. The summed E-state index contributed by atoms with van der Waals surface area (Å²) in [6, 6.07) is 13.3. The van der Waals surface area contributed by atoms with E-state index in [0.717, 1.165) is 6.42 Å². The summed E-state index contributed by atoms with van der Waals surface area (Å²) < 4.78 is 0. The van der Waals surface area contributed by atoms with Crippen LogP contribution in [0.1, 0.15) is 22.3 Å². The van der Waals surface area contributed by atoms with Crippen LogP contribution in [0, 0.1) is 6.92 Å². The maximum Gasteiger partial charge on any atom is -0.00134 e. The fourth-order valence-corrected chi connectivity index (χ4v) is 2.43. The molecule has 2 aromatic rings. The lowest BCUT2D eigenvalue weighted by Gasteiger charge is -2.03. The number of rotatable bonds is 1. The van der Waals surface area contributed by atoms with Crippen molar-refractivity contribution in [3.63, 3.8) is 0 Å². The summed E-state index contributed by atoms with van der Waals surface area (Å²) in [5.41, 5.74) is 8.20. The van der Waals surface area contributed by atoms with Gasteiger partial charge in [0.05, 0.1) is 0 Å². The van der Waals surface area contributed by atoms with Crippen molar-refractivity contribution in [3.8, 4) is 11.1 Å². The quantitative estimate of drug-likeness (QED) is 0.559. The van der Waals surface area contributed by atoms with Gasteiger partial charge in [-0.1, -0.05) is 48.6 Å². The Hall–Kier alpha value is -1.82. The predicted octanol–water partition coefficient (Wildman–Crippen LogP) is 4.21. The van der Waals surface area contributed by atoms with E-state index < -0.39 is 0 Å². The molecule has 0 N–H and O–H groups in total. The molecule has 2 aromatic carbocycles. The van der Waals surface area contributed by atoms with E-state index >= 15 is 0 Å². The van der Waals surface area contributed by atoms with Gasteiger partial charge in [0, 0.05) is 0 Å². The van der Waals surface area contributed by atoms with Gasteiger partial charge < -0.3 is 0 Å². The van der Waals surface area contributed by atoms with Crippen molar-refractivity contribution >= 4 is 6.08 Å². The average molecular weight is 206 g/mol. The maximum atomic E-state index is 3.83. The van der Waals surface area contributed by atoms with Gasteiger partial charge in [0.1, 0.15) is 0 Å². The SMILES string of the molecule is C=Cc1ccc2c(c1)-c1cc(C)ccc1C2. The lowest BCUT2D eigenvalue weighted by atomic mass is 10.0. The third kappa shape index (κ3) is 1.30. The number of benzene rings is 2. The topological polar surface area (TPSA) is 0 Å². The molecule has 0 nitrogen and oxygen atoms in total. The largest absolute Gasteiger partial charge is 0.0985 e. The van der Waals surface area contributed by atoms with Gasteiger partial charge in [0.15, 0.2) is 0 Å². The summed E-state index contributed by atoms with van der Waals surface area (Å²) >= 11 is 0. The Morgan fingerprint density at radius 1 is 1.00 bits per heavy atom. The summed E-state index contributed by atoms with van der Waals surface area (Å²) in [7, 11) is 0. The molecule has 16 heavy (non-hydrogen) atoms. The van der Waals surface area contributed by atoms with Crippen LogP contribution in [0.5, 0.6) is 0 Å². The van der Waals surface area contributed by atoms with Crippen LogP contribution in [-0.4, -0.2) is 0 Å². The smallest absolute Gasteiger partial charge is 0.00134 e. The molecule has 1 aliphatic carbocycles. The highest BCUT2D eigenvalue weighted by molar-refractivity contribution is 5.79. The molecular formula is C16H14. The minimum atomic E-state index is 1.07. The second-order valence-electron chi connectivity index (χ2n) is 4.46. The van der Waals surface area contributed by atoms with E-state index in [0.29, 0.717) is 0 Å². The monoisotopic (exact) mass is 206 g/mol. The molecule has 78 valence electrons. The zero-order chi connectivity index (χ0) is 11.1. The molecule has 0 bridgehead atoms. The van der Waals surface area contributed by atoms with Crippen molar-refractivity contribution < 1.29 is 0 Å². The Morgan fingerprint density at radius 2 is 1.69 bits per heavy atom. The second kappa shape index (κ2) is 3.34. The molecule has 0 unspecified atom stereocenters. The molecule has 0 heterocycles. The van der Waals surface area contributed by atoms with Crippen molar-refractivity contribution in [3.05, 3.63) is 65.2 Å². The van der Waals surface area contributed by atoms with Gasteiger partial charge in [-0.2, -0.15) is 0 Å². The molecule has 0 spiro atoms. The Labute approximate surface area is 96.3 Å². The van der Waals surface area contributed by atoms with E-state index in [9.17, 15) is 0 Å². The fraction of sp³-hybridized carbons (Fsp3) is 0.125. The molecule has 0 aliphatic heterocycles. The van der Waals surface area contributed by atoms with Gasteiger partial charge >= 0.3 is 0 Å². The third-order valence-corrected chi connectivity index (χ3v) is 3.31. The van der Waals surface area contributed by atoms with Crippen molar-refractivity contribution in [1.29, 1.82) is 0 Å². The van der Waals surface area contributed by atoms with Crippen LogP contribution in [0.4, 0.5) is 0 Å². The zero-order valence-corrected chi connectivity index (χ0v) is 9.46. The van der Waals surface area contributed by atoms with Gasteiger partial charge in [-0.3, -0.25) is 0 Å². The second-order valence-corrected chi connectivity index (χ2v) is 4.46. The van der Waals surface area contributed by atoms with Crippen LogP contribution < -0.4 is 0 Å². The van der Waals surface area contributed by atoms with Gasteiger partial charge in [-0.15, -0.1) is 0 Å². The van der Waals surface area contributed by atoms with E-state index in [1.54, 1.807) is 0 Å². The van der Waals surface area contributed by atoms with Gasteiger partial charge in [-0.05, 0) is 47.2 Å². The Balaban J connectivity index is 2.25. The molecule has 0 heteroatoms. The first-order valence-electron chi connectivity index (χ1n) is 5.63. The third-order valence-electron chi connectivity index (χ3n) is 3.31. The van der Waals surface area contributed by atoms with Crippen LogP contribution in [-0.2, 0) is 6.42 Å². The van der Waals surface area contributed by atoms with Crippen LogP contribution in [0.2, 0.25) is 0 Å². The van der Waals surface area contributed by atoms with Crippen LogP contribution >= 0.6 is 0 Å². The lowest BCUT2D eigenvalue weighted by molar-refractivity contribution is 1.26. The molecule has 0 amide bonds. The number of hydrogen-bond acceptors (Lipinski definition) is 0. The molecule has 0 fully saturated rings. The molecular weight excluding hydrogens is 192 g/mol. The van der Waals surface area contributed by atoms with E-state index in [1.807, 2.05) is 6.08 Å². The highest BCUT2D eigenvalue weighted by atomic mass is 14.2. The Bertz CT molecular complexity index is 577. The van der Waals surface area contributed by atoms with Crippen molar-refractivity contribution in [2.75, 3.05) is 0 Å². The first-order chi connectivity index (χ1) is 7.78. The number of aryl methyl sites for hydroxylation is 1. The van der Waals surface area contributed by atoms with E-state index in [1.165, 1.54) is 33.4 Å². The van der Waals surface area contributed by atoms with Gasteiger partial charge in [0.2, 0.25) is 0 Å². The summed E-state index contributed by atoms with van der Waals surface area (Å²) in [6.45, 7) is 5.98. The molecule has 1 aliphatic rings. The summed E-state index contributed by atoms with van der Waals surface area (Å²) in [5.74, 6) is 0. The average Bonchev–Trinajstić information content (AvgIpc) is 2.66. The van der Waals surface area contributed by atoms with Crippen LogP contribution in [0.3, 0.4) is 0 Å². The van der Waals surface area contributed by atoms with E-state index in [2.05, 4.69) is 49.9 Å². The fourth-order valence-electron chi connectivity index (χ4n) is 2.43. The standard InChI is InChI=1S/C16H14/c1-3-12-5-7-14-10-13-6-4-11(2)8-15(13)16(14)9-12/h3-9H,1,10H2,2H3. The normalized spacial score (nSPS) is 12.1. The minimum Gasteiger partial charge on any atom is -0.0985 e. The van der Waals surface area contributed by atoms with Crippen molar-refractivity contribution in [2.24, 2.45) is 0 Å². The molecule has 0 saturated carbocycles. The van der Waals surface area contributed by atoms with E-state index in [4.69, 9.17) is 0 Å². The summed E-state index contributed by atoms with van der Waals surface area (Å²) in [6.07, 6.45) is 2.98. The molecule has 0 radical (unpaired) electrons. The molecule has 0 aromatic heterocycles. The van der Waals surface area contributed by atoms with E-state index in [-0.39, 0.29) is 0 Å².